The van der Waals surface area contributed by atoms with Crippen LogP contribution in [0.5, 0.6) is 0 Å². The Morgan fingerprint density at radius 2 is 1.00 bits per heavy atom. The predicted octanol–water partition coefficient (Wildman–Crippen LogP) is 6.49. The summed E-state index contributed by atoms with van der Waals surface area (Å²) in [6.07, 6.45) is 22.6. The predicted molar refractivity (Wildman–Crippen MR) is 114 cm³/mol. The first kappa shape index (κ1) is 24.3. The van der Waals surface area contributed by atoms with E-state index in [9.17, 15) is 0 Å². The van der Waals surface area contributed by atoms with Crippen LogP contribution in [-0.2, 0) is 0 Å². The van der Waals surface area contributed by atoms with Crippen LogP contribution in [0.1, 0.15) is 110 Å². The van der Waals surface area contributed by atoms with Crippen molar-refractivity contribution in [3.63, 3.8) is 0 Å². The summed E-state index contributed by atoms with van der Waals surface area (Å²) in [5.74, 6) is 2.04. The fourth-order valence-corrected chi connectivity index (χ4v) is 3.68. The Morgan fingerprint density at radius 3 is 1.46 bits per heavy atom. The summed E-state index contributed by atoms with van der Waals surface area (Å²) in [5.41, 5.74) is 5.47. The lowest BCUT2D eigenvalue weighted by Gasteiger charge is -2.05. The number of thioether (sulfide) groups is 1. The van der Waals surface area contributed by atoms with Crippen LogP contribution in [0.25, 0.3) is 0 Å². The Balaban J connectivity index is 2.93. The molecule has 0 rings (SSSR count). The number of hydrogen-bond acceptors (Lipinski definition) is 3. The van der Waals surface area contributed by atoms with Gasteiger partial charge < -0.3 is 11.1 Å². The summed E-state index contributed by atoms with van der Waals surface area (Å²) in [7, 11) is 0. The summed E-state index contributed by atoms with van der Waals surface area (Å²) in [6.45, 7) is 4.75. The third kappa shape index (κ3) is 22.3. The highest BCUT2D eigenvalue weighted by Crippen LogP contribution is 2.10. The average molecular weight is 359 g/mol. The molecule has 0 aliphatic rings. The van der Waals surface area contributed by atoms with E-state index in [-0.39, 0.29) is 0 Å². The van der Waals surface area contributed by atoms with Crippen molar-refractivity contribution in [2.45, 2.75) is 110 Å². The first-order valence-electron chi connectivity index (χ1n) is 10.9. The van der Waals surface area contributed by atoms with Gasteiger partial charge in [-0.25, -0.2) is 0 Å². The van der Waals surface area contributed by atoms with Gasteiger partial charge in [-0.15, -0.1) is 11.8 Å². The SMILES string of the molecule is CCCCCCCCCCNCCCCCCCCCCSCN. The van der Waals surface area contributed by atoms with E-state index < -0.39 is 0 Å². The van der Waals surface area contributed by atoms with Crippen molar-refractivity contribution in [2.75, 3.05) is 24.7 Å². The highest BCUT2D eigenvalue weighted by molar-refractivity contribution is 7.99. The van der Waals surface area contributed by atoms with Gasteiger partial charge in [-0.2, -0.15) is 0 Å². The minimum Gasteiger partial charge on any atom is -0.322 e. The van der Waals surface area contributed by atoms with E-state index in [4.69, 9.17) is 5.73 Å². The molecule has 3 N–H and O–H groups in total. The van der Waals surface area contributed by atoms with Gasteiger partial charge in [0.2, 0.25) is 0 Å². The van der Waals surface area contributed by atoms with E-state index in [1.54, 1.807) is 0 Å². The van der Waals surface area contributed by atoms with Crippen molar-refractivity contribution in [3.8, 4) is 0 Å². The molecule has 0 fully saturated rings. The van der Waals surface area contributed by atoms with Crippen LogP contribution in [-0.4, -0.2) is 24.7 Å². The van der Waals surface area contributed by atoms with Gasteiger partial charge in [0.25, 0.3) is 0 Å². The number of unbranched alkanes of at least 4 members (excludes halogenated alkanes) is 14. The van der Waals surface area contributed by atoms with E-state index in [1.165, 1.54) is 122 Å². The highest BCUT2D eigenvalue weighted by atomic mass is 32.2. The number of rotatable bonds is 21. The standard InChI is InChI=1S/C21H46N2S/c1-2-3-4-5-6-9-12-15-18-23-19-16-13-10-7-8-11-14-17-20-24-21-22/h23H,2-22H2,1H3. The fourth-order valence-electron chi connectivity index (χ4n) is 3.11. The van der Waals surface area contributed by atoms with Gasteiger partial charge in [-0.3, -0.25) is 0 Å². The molecule has 146 valence electrons. The molecule has 0 saturated heterocycles. The Labute approximate surface area is 157 Å². The van der Waals surface area contributed by atoms with E-state index in [1.807, 2.05) is 11.8 Å². The zero-order valence-corrected chi connectivity index (χ0v) is 17.4. The lowest BCUT2D eigenvalue weighted by atomic mass is 10.1. The van der Waals surface area contributed by atoms with E-state index in [0.29, 0.717) is 0 Å². The molecule has 3 heteroatoms. The maximum atomic E-state index is 5.47. The average Bonchev–Trinajstić information content (AvgIpc) is 2.60. The number of hydrogen-bond donors (Lipinski definition) is 2. The van der Waals surface area contributed by atoms with Gasteiger partial charge in [0.1, 0.15) is 0 Å². The molecule has 0 radical (unpaired) electrons. The van der Waals surface area contributed by atoms with Gasteiger partial charge in [0.15, 0.2) is 0 Å². The molecular formula is C21H46N2S. The van der Waals surface area contributed by atoms with Gasteiger partial charge in [0, 0.05) is 5.88 Å². The van der Waals surface area contributed by atoms with Crippen molar-refractivity contribution in [1.29, 1.82) is 0 Å². The monoisotopic (exact) mass is 358 g/mol. The molecule has 0 aromatic carbocycles. The fraction of sp³-hybridized carbons (Fsp3) is 1.00. The quantitative estimate of drug-likeness (QED) is 0.182. The van der Waals surface area contributed by atoms with E-state index >= 15 is 0 Å². The van der Waals surface area contributed by atoms with Crippen molar-refractivity contribution in [2.24, 2.45) is 5.73 Å². The molecule has 0 bridgehead atoms. The molecule has 0 unspecified atom stereocenters. The molecule has 0 aliphatic heterocycles. The van der Waals surface area contributed by atoms with Crippen molar-refractivity contribution >= 4 is 11.8 Å². The van der Waals surface area contributed by atoms with Crippen molar-refractivity contribution in [1.82, 2.24) is 5.32 Å². The third-order valence-electron chi connectivity index (χ3n) is 4.72. The Kier molecular flexibility index (Phi) is 23.5. The second-order valence-corrected chi connectivity index (χ2v) is 8.28. The lowest BCUT2D eigenvalue weighted by Crippen LogP contribution is -2.16. The lowest BCUT2D eigenvalue weighted by molar-refractivity contribution is 0.532. The molecule has 0 amide bonds. The molecule has 0 heterocycles. The second kappa shape index (κ2) is 23.3. The first-order valence-corrected chi connectivity index (χ1v) is 12.1. The van der Waals surface area contributed by atoms with E-state index in [0.717, 1.165) is 5.88 Å². The van der Waals surface area contributed by atoms with Gasteiger partial charge >= 0.3 is 0 Å². The molecule has 0 atom stereocenters. The van der Waals surface area contributed by atoms with Crippen LogP contribution in [0.3, 0.4) is 0 Å². The summed E-state index contributed by atoms with van der Waals surface area (Å²) in [5, 5.41) is 3.61. The molecule has 0 saturated carbocycles. The topological polar surface area (TPSA) is 38.0 Å². The summed E-state index contributed by atoms with van der Waals surface area (Å²) in [6, 6.07) is 0. The maximum absolute atomic E-state index is 5.47. The highest BCUT2D eigenvalue weighted by Gasteiger charge is 1.94. The normalized spacial score (nSPS) is 11.2. The van der Waals surface area contributed by atoms with Crippen LogP contribution in [0.4, 0.5) is 0 Å². The maximum Gasteiger partial charge on any atom is 0.0392 e. The Hall–Kier alpha value is 0.270. The van der Waals surface area contributed by atoms with Crippen molar-refractivity contribution in [3.05, 3.63) is 0 Å². The van der Waals surface area contributed by atoms with E-state index in [2.05, 4.69) is 12.2 Å². The summed E-state index contributed by atoms with van der Waals surface area (Å²) in [4.78, 5) is 0. The molecule has 24 heavy (non-hydrogen) atoms. The zero-order chi connectivity index (χ0) is 17.6. The minimum absolute atomic E-state index is 0.785. The molecule has 0 aromatic heterocycles. The number of nitrogens with one attached hydrogen (secondary N) is 1. The van der Waals surface area contributed by atoms with Crippen LogP contribution in [0.2, 0.25) is 0 Å². The van der Waals surface area contributed by atoms with Crippen molar-refractivity contribution < 1.29 is 0 Å². The van der Waals surface area contributed by atoms with Crippen LogP contribution in [0, 0.1) is 0 Å². The molecule has 0 aromatic rings. The first-order chi connectivity index (χ1) is 11.9. The van der Waals surface area contributed by atoms with Crippen LogP contribution < -0.4 is 11.1 Å². The molecular weight excluding hydrogens is 312 g/mol. The largest absolute Gasteiger partial charge is 0.322 e. The zero-order valence-electron chi connectivity index (χ0n) is 16.6. The number of nitrogens with two attached hydrogens (primary N) is 1. The van der Waals surface area contributed by atoms with Crippen LogP contribution >= 0.6 is 11.8 Å². The molecule has 0 spiro atoms. The Bertz CT molecular complexity index is 190. The minimum atomic E-state index is 0.785. The van der Waals surface area contributed by atoms with Crippen LogP contribution in [0.15, 0.2) is 0 Å². The second-order valence-electron chi connectivity index (χ2n) is 7.13. The van der Waals surface area contributed by atoms with Gasteiger partial charge in [-0.1, -0.05) is 90.4 Å². The third-order valence-corrected chi connectivity index (χ3v) is 5.53. The summed E-state index contributed by atoms with van der Waals surface area (Å²) < 4.78 is 0. The Morgan fingerprint density at radius 1 is 0.583 bits per heavy atom. The smallest absolute Gasteiger partial charge is 0.0392 e. The van der Waals surface area contributed by atoms with Gasteiger partial charge in [0.05, 0.1) is 0 Å². The summed E-state index contributed by atoms with van der Waals surface area (Å²) >= 11 is 1.87. The van der Waals surface area contributed by atoms with Gasteiger partial charge in [-0.05, 0) is 38.1 Å². The molecule has 0 aliphatic carbocycles. The molecule has 2 nitrogen and oxygen atoms in total.